The Labute approximate surface area is 66.4 Å². The third-order valence-electron chi connectivity index (χ3n) is 0.754. The van der Waals surface area contributed by atoms with Gasteiger partial charge in [-0.1, -0.05) is 0 Å². The van der Waals surface area contributed by atoms with Crippen molar-refractivity contribution in [2.75, 3.05) is 0 Å². The Morgan fingerprint density at radius 2 is 2.18 bits per heavy atom. The van der Waals surface area contributed by atoms with Crippen LogP contribution in [0.3, 0.4) is 0 Å². The summed E-state index contributed by atoms with van der Waals surface area (Å²) in [7, 11) is 0. The molecule has 0 aromatic heterocycles. The van der Waals surface area contributed by atoms with Crippen LogP contribution in [0.5, 0.6) is 0 Å². The Hall–Kier alpha value is -1.03. The van der Waals surface area contributed by atoms with E-state index in [2.05, 4.69) is 5.48 Å². The summed E-state index contributed by atoms with van der Waals surface area (Å²) in [5.41, 5.74) is 7.92. The molecule has 0 fully saturated rings. The molecule has 64 valence electrons. The van der Waals surface area contributed by atoms with Gasteiger partial charge in [-0.3, -0.25) is 9.63 Å². The Balaban J connectivity index is 3.63. The summed E-state index contributed by atoms with van der Waals surface area (Å²) < 4.78 is 0. The Kier molecular flexibility index (Phi) is 4.29. The number of hydrogen-bond donors (Lipinski definition) is 2. The van der Waals surface area contributed by atoms with E-state index in [-0.39, 0.29) is 12.0 Å². The SMILES string of the molecule is C/C(N)=C/C(=O)NOC(C)C. The number of hydrogen-bond acceptors (Lipinski definition) is 3. The number of hydroxylamine groups is 1. The third kappa shape index (κ3) is 6.86. The lowest BCUT2D eigenvalue weighted by atomic mass is 10.4. The van der Waals surface area contributed by atoms with Crippen LogP contribution in [0.1, 0.15) is 20.8 Å². The molecule has 0 bridgehead atoms. The van der Waals surface area contributed by atoms with Gasteiger partial charge in [0.2, 0.25) is 0 Å². The summed E-state index contributed by atoms with van der Waals surface area (Å²) >= 11 is 0. The molecule has 4 nitrogen and oxygen atoms in total. The first-order chi connectivity index (χ1) is 5.02. The van der Waals surface area contributed by atoms with E-state index in [4.69, 9.17) is 10.6 Å². The Bertz CT molecular complexity index is 160. The molecule has 0 aliphatic heterocycles. The molecule has 0 aromatic rings. The first kappa shape index (κ1) is 9.97. The zero-order valence-corrected chi connectivity index (χ0v) is 7.05. The van der Waals surface area contributed by atoms with Gasteiger partial charge in [-0.05, 0) is 20.8 Å². The quantitative estimate of drug-likeness (QED) is 0.459. The second kappa shape index (κ2) is 4.73. The van der Waals surface area contributed by atoms with E-state index in [0.29, 0.717) is 5.70 Å². The van der Waals surface area contributed by atoms with Crippen molar-refractivity contribution >= 4 is 5.91 Å². The number of rotatable bonds is 3. The highest BCUT2D eigenvalue weighted by Crippen LogP contribution is 1.84. The molecule has 4 heteroatoms. The van der Waals surface area contributed by atoms with Crippen LogP contribution in [0.25, 0.3) is 0 Å². The molecule has 0 aliphatic rings. The van der Waals surface area contributed by atoms with E-state index in [1.165, 1.54) is 6.08 Å². The maximum Gasteiger partial charge on any atom is 0.269 e. The van der Waals surface area contributed by atoms with Crippen molar-refractivity contribution in [2.45, 2.75) is 26.9 Å². The van der Waals surface area contributed by atoms with Gasteiger partial charge in [0.15, 0.2) is 0 Å². The van der Waals surface area contributed by atoms with Gasteiger partial charge in [0, 0.05) is 11.8 Å². The van der Waals surface area contributed by atoms with E-state index in [9.17, 15) is 4.79 Å². The molecule has 0 aliphatic carbocycles. The van der Waals surface area contributed by atoms with E-state index < -0.39 is 0 Å². The molecule has 0 saturated heterocycles. The van der Waals surface area contributed by atoms with Crippen molar-refractivity contribution in [3.8, 4) is 0 Å². The summed E-state index contributed by atoms with van der Waals surface area (Å²) in [6.45, 7) is 5.27. The largest absolute Gasteiger partial charge is 0.402 e. The van der Waals surface area contributed by atoms with Crippen molar-refractivity contribution in [3.05, 3.63) is 11.8 Å². The van der Waals surface area contributed by atoms with Gasteiger partial charge in [0.05, 0.1) is 6.10 Å². The first-order valence-corrected chi connectivity index (χ1v) is 3.41. The van der Waals surface area contributed by atoms with Crippen molar-refractivity contribution in [1.29, 1.82) is 0 Å². The molecule has 1 amide bonds. The fourth-order valence-electron chi connectivity index (χ4n) is 0.412. The lowest BCUT2D eigenvalue weighted by Gasteiger charge is -2.05. The van der Waals surface area contributed by atoms with Crippen LogP contribution in [0.4, 0.5) is 0 Å². The minimum Gasteiger partial charge on any atom is -0.402 e. The number of nitrogens with one attached hydrogen (secondary N) is 1. The molecule has 0 spiro atoms. The molecule has 0 aromatic carbocycles. The van der Waals surface area contributed by atoms with E-state index in [1.807, 2.05) is 13.8 Å². The van der Waals surface area contributed by atoms with Crippen LogP contribution < -0.4 is 11.2 Å². The standard InChI is InChI=1S/C7H14N2O2/c1-5(2)11-9-7(10)4-6(3)8/h4-5H,8H2,1-3H3,(H,9,10)/b6-4-. The van der Waals surface area contributed by atoms with E-state index >= 15 is 0 Å². The molecule has 3 N–H and O–H groups in total. The number of amides is 1. The number of carbonyl (C=O) groups excluding carboxylic acids is 1. The van der Waals surface area contributed by atoms with Crippen LogP contribution in [0.2, 0.25) is 0 Å². The highest BCUT2D eigenvalue weighted by atomic mass is 16.7. The number of allylic oxidation sites excluding steroid dienone is 1. The smallest absolute Gasteiger partial charge is 0.269 e. The average Bonchev–Trinajstić information content (AvgIpc) is 1.82. The lowest BCUT2D eigenvalue weighted by Crippen LogP contribution is -2.25. The maximum atomic E-state index is 10.8. The summed E-state index contributed by atoms with van der Waals surface area (Å²) in [6.07, 6.45) is 1.24. The monoisotopic (exact) mass is 158 g/mol. The Morgan fingerprint density at radius 1 is 1.64 bits per heavy atom. The fourth-order valence-corrected chi connectivity index (χ4v) is 0.412. The average molecular weight is 158 g/mol. The zero-order valence-electron chi connectivity index (χ0n) is 7.05. The van der Waals surface area contributed by atoms with E-state index in [1.54, 1.807) is 6.92 Å². The third-order valence-corrected chi connectivity index (χ3v) is 0.754. The summed E-state index contributed by atoms with van der Waals surface area (Å²) in [5, 5.41) is 0. The second-order valence-electron chi connectivity index (χ2n) is 2.52. The minimum atomic E-state index is -0.335. The topological polar surface area (TPSA) is 64.4 Å². The normalized spacial score (nSPS) is 11.8. The first-order valence-electron chi connectivity index (χ1n) is 3.41. The molecule has 0 atom stereocenters. The summed E-state index contributed by atoms with van der Waals surface area (Å²) in [5.74, 6) is -0.335. The molecule has 0 saturated carbocycles. The highest BCUT2D eigenvalue weighted by molar-refractivity contribution is 5.87. The molecule has 0 unspecified atom stereocenters. The number of carbonyl (C=O) groups is 1. The van der Waals surface area contributed by atoms with Gasteiger partial charge < -0.3 is 5.73 Å². The number of nitrogens with two attached hydrogens (primary N) is 1. The van der Waals surface area contributed by atoms with Gasteiger partial charge in [-0.15, -0.1) is 0 Å². The van der Waals surface area contributed by atoms with Crippen LogP contribution >= 0.6 is 0 Å². The second-order valence-corrected chi connectivity index (χ2v) is 2.52. The molecule has 0 heterocycles. The molecule has 11 heavy (non-hydrogen) atoms. The van der Waals surface area contributed by atoms with Gasteiger partial charge in [-0.2, -0.15) is 0 Å². The lowest BCUT2D eigenvalue weighted by molar-refractivity contribution is -0.131. The van der Waals surface area contributed by atoms with Gasteiger partial charge in [0.1, 0.15) is 0 Å². The van der Waals surface area contributed by atoms with Gasteiger partial charge in [-0.25, -0.2) is 5.48 Å². The highest BCUT2D eigenvalue weighted by Gasteiger charge is 1.97. The molecule has 0 rings (SSSR count). The van der Waals surface area contributed by atoms with Crippen LogP contribution in [-0.2, 0) is 9.63 Å². The van der Waals surface area contributed by atoms with Gasteiger partial charge >= 0.3 is 0 Å². The molecular weight excluding hydrogens is 144 g/mol. The minimum absolute atomic E-state index is 0.0227. The molecule has 0 radical (unpaired) electrons. The van der Waals surface area contributed by atoms with Crippen LogP contribution in [-0.4, -0.2) is 12.0 Å². The maximum absolute atomic E-state index is 10.8. The van der Waals surface area contributed by atoms with Crippen LogP contribution in [0, 0.1) is 0 Å². The van der Waals surface area contributed by atoms with Gasteiger partial charge in [0.25, 0.3) is 5.91 Å². The predicted octanol–water partition coefficient (Wildman–Crippen LogP) is 0.305. The summed E-state index contributed by atoms with van der Waals surface area (Å²) in [6, 6.07) is 0. The van der Waals surface area contributed by atoms with Crippen molar-refractivity contribution in [3.63, 3.8) is 0 Å². The summed E-state index contributed by atoms with van der Waals surface area (Å²) in [4.78, 5) is 15.6. The van der Waals surface area contributed by atoms with Crippen molar-refractivity contribution in [1.82, 2.24) is 5.48 Å². The van der Waals surface area contributed by atoms with Crippen LogP contribution in [0.15, 0.2) is 11.8 Å². The van der Waals surface area contributed by atoms with Crippen molar-refractivity contribution < 1.29 is 9.63 Å². The fraction of sp³-hybridized carbons (Fsp3) is 0.571. The Morgan fingerprint density at radius 3 is 2.55 bits per heavy atom. The molecular formula is C7H14N2O2. The van der Waals surface area contributed by atoms with E-state index in [0.717, 1.165) is 0 Å². The predicted molar refractivity (Wildman–Crippen MR) is 42.3 cm³/mol. The van der Waals surface area contributed by atoms with Crippen molar-refractivity contribution in [2.24, 2.45) is 5.73 Å². The zero-order chi connectivity index (χ0) is 8.85.